The maximum atomic E-state index is 4.97. The number of rotatable bonds is 6. The van der Waals surface area contributed by atoms with Gasteiger partial charge in [-0.2, -0.15) is 0 Å². The Hall–Kier alpha value is -1.20. The van der Waals surface area contributed by atoms with Crippen LogP contribution < -0.4 is 5.32 Å². The highest BCUT2D eigenvalue weighted by atomic mass is 32.1. The lowest BCUT2D eigenvalue weighted by Gasteiger charge is -2.22. The van der Waals surface area contributed by atoms with Gasteiger partial charge in [-0.25, -0.2) is 9.97 Å². The smallest absolute Gasteiger partial charge is 0.142 e. The standard InChI is InChI=1S/C16H24N4S/c1-3-8-18-12-6-5-7-14-15(12)19-16(21-14)13-10-17-11-20(13)9-4-2/h10-12,18H,3-9H2,1-2H3. The molecule has 2 heterocycles. The average Bonchev–Trinajstić information content (AvgIpc) is 3.11. The number of nitrogens with zero attached hydrogens (tertiary/aromatic N) is 3. The Morgan fingerprint density at radius 2 is 2.29 bits per heavy atom. The third-order valence-electron chi connectivity index (χ3n) is 3.99. The van der Waals surface area contributed by atoms with Crippen LogP contribution in [-0.4, -0.2) is 21.1 Å². The molecule has 114 valence electrons. The Morgan fingerprint density at radius 3 is 3.10 bits per heavy atom. The van der Waals surface area contributed by atoms with Crippen molar-refractivity contribution in [3.05, 3.63) is 23.1 Å². The van der Waals surface area contributed by atoms with E-state index in [0.29, 0.717) is 6.04 Å². The molecule has 0 saturated heterocycles. The van der Waals surface area contributed by atoms with E-state index in [-0.39, 0.29) is 0 Å². The molecule has 21 heavy (non-hydrogen) atoms. The van der Waals surface area contributed by atoms with Gasteiger partial charge in [0, 0.05) is 11.4 Å². The number of hydrogen-bond acceptors (Lipinski definition) is 4. The van der Waals surface area contributed by atoms with E-state index in [0.717, 1.165) is 24.5 Å². The second-order valence-electron chi connectivity index (χ2n) is 5.70. The maximum absolute atomic E-state index is 4.97. The van der Waals surface area contributed by atoms with Gasteiger partial charge in [-0.05, 0) is 38.6 Å². The number of imidazole rings is 1. The first kappa shape index (κ1) is 14.7. The number of aryl methyl sites for hydroxylation is 2. The van der Waals surface area contributed by atoms with Gasteiger partial charge in [0.1, 0.15) is 5.01 Å². The molecular formula is C16H24N4S. The van der Waals surface area contributed by atoms with Gasteiger partial charge < -0.3 is 9.88 Å². The zero-order valence-electron chi connectivity index (χ0n) is 12.9. The first-order valence-corrected chi connectivity index (χ1v) is 8.88. The molecule has 0 radical (unpaired) electrons. The molecule has 1 unspecified atom stereocenters. The quantitative estimate of drug-likeness (QED) is 0.883. The van der Waals surface area contributed by atoms with Crippen LogP contribution in [0.25, 0.3) is 10.7 Å². The molecule has 1 atom stereocenters. The fraction of sp³-hybridized carbons (Fsp3) is 0.625. The van der Waals surface area contributed by atoms with Crippen LogP contribution in [0.2, 0.25) is 0 Å². The monoisotopic (exact) mass is 304 g/mol. The molecule has 0 fully saturated rings. The minimum absolute atomic E-state index is 0.446. The average molecular weight is 304 g/mol. The summed E-state index contributed by atoms with van der Waals surface area (Å²) < 4.78 is 2.22. The molecule has 5 heteroatoms. The van der Waals surface area contributed by atoms with Gasteiger partial charge in [-0.1, -0.05) is 13.8 Å². The molecule has 4 nitrogen and oxygen atoms in total. The van der Waals surface area contributed by atoms with Gasteiger partial charge >= 0.3 is 0 Å². The molecule has 0 spiro atoms. The van der Waals surface area contributed by atoms with Crippen LogP contribution in [0.4, 0.5) is 0 Å². The molecule has 0 saturated carbocycles. The van der Waals surface area contributed by atoms with E-state index in [1.165, 1.54) is 41.9 Å². The van der Waals surface area contributed by atoms with Crippen molar-refractivity contribution < 1.29 is 0 Å². The van der Waals surface area contributed by atoms with E-state index in [2.05, 4.69) is 28.7 Å². The fourth-order valence-corrected chi connectivity index (χ4v) is 4.15. The Morgan fingerprint density at radius 1 is 1.38 bits per heavy atom. The minimum atomic E-state index is 0.446. The molecule has 2 aromatic heterocycles. The summed E-state index contributed by atoms with van der Waals surface area (Å²) in [6.45, 7) is 6.50. The molecule has 0 amide bonds. The number of thiazole rings is 1. The van der Waals surface area contributed by atoms with E-state index in [4.69, 9.17) is 4.98 Å². The second-order valence-corrected chi connectivity index (χ2v) is 6.78. The van der Waals surface area contributed by atoms with Crippen molar-refractivity contribution in [2.45, 2.75) is 58.5 Å². The zero-order valence-corrected chi connectivity index (χ0v) is 13.7. The highest BCUT2D eigenvalue weighted by molar-refractivity contribution is 7.15. The molecule has 0 aliphatic heterocycles. The molecular weight excluding hydrogens is 280 g/mol. The normalized spacial score (nSPS) is 17.9. The third kappa shape index (κ3) is 3.04. The molecule has 1 aliphatic carbocycles. The summed E-state index contributed by atoms with van der Waals surface area (Å²) in [6, 6.07) is 0.446. The molecule has 1 aliphatic rings. The van der Waals surface area contributed by atoms with Crippen LogP contribution in [0.3, 0.4) is 0 Å². The van der Waals surface area contributed by atoms with E-state index in [1.54, 1.807) is 0 Å². The molecule has 2 aromatic rings. The molecule has 0 aromatic carbocycles. The Bertz CT molecular complexity index is 587. The van der Waals surface area contributed by atoms with E-state index in [9.17, 15) is 0 Å². The van der Waals surface area contributed by atoms with Crippen LogP contribution in [0.5, 0.6) is 0 Å². The van der Waals surface area contributed by atoms with Gasteiger partial charge in [0.2, 0.25) is 0 Å². The Labute approximate surface area is 130 Å². The van der Waals surface area contributed by atoms with Crippen LogP contribution >= 0.6 is 11.3 Å². The summed E-state index contributed by atoms with van der Waals surface area (Å²) in [6.07, 6.45) is 9.83. The predicted molar refractivity (Wildman–Crippen MR) is 87.6 cm³/mol. The van der Waals surface area contributed by atoms with Gasteiger partial charge in [0.25, 0.3) is 0 Å². The Balaban J connectivity index is 1.88. The Kier molecular flexibility index (Phi) is 4.70. The summed E-state index contributed by atoms with van der Waals surface area (Å²) in [5.41, 5.74) is 2.46. The van der Waals surface area contributed by atoms with E-state index >= 15 is 0 Å². The highest BCUT2D eigenvalue weighted by Crippen LogP contribution is 2.37. The summed E-state index contributed by atoms with van der Waals surface area (Å²) >= 11 is 1.86. The molecule has 3 rings (SSSR count). The van der Waals surface area contributed by atoms with Crippen LogP contribution in [0.1, 0.15) is 56.1 Å². The number of nitrogens with one attached hydrogen (secondary N) is 1. The minimum Gasteiger partial charge on any atom is -0.329 e. The zero-order chi connectivity index (χ0) is 14.7. The van der Waals surface area contributed by atoms with Crippen molar-refractivity contribution in [2.75, 3.05) is 6.54 Å². The largest absolute Gasteiger partial charge is 0.329 e. The summed E-state index contributed by atoms with van der Waals surface area (Å²) in [4.78, 5) is 10.7. The third-order valence-corrected chi connectivity index (χ3v) is 5.14. The van der Waals surface area contributed by atoms with Gasteiger partial charge in [-0.15, -0.1) is 11.3 Å². The van der Waals surface area contributed by atoms with Gasteiger partial charge in [-0.3, -0.25) is 0 Å². The first-order chi connectivity index (χ1) is 10.3. The lowest BCUT2D eigenvalue weighted by molar-refractivity contribution is 0.454. The van der Waals surface area contributed by atoms with Crippen LogP contribution in [0.15, 0.2) is 12.5 Å². The van der Waals surface area contributed by atoms with Crippen molar-refractivity contribution in [1.29, 1.82) is 0 Å². The second kappa shape index (κ2) is 6.71. The fourth-order valence-electron chi connectivity index (χ4n) is 2.96. The number of hydrogen-bond donors (Lipinski definition) is 1. The van der Waals surface area contributed by atoms with E-state index < -0.39 is 0 Å². The first-order valence-electron chi connectivity index (χ1n) is 8.07. The maximum Gasteiger partial charge on any atom is 0.142 e. The lowest BCUT2D eigenvalue weighted by atomic mass is 9.97. The van der Waals surface area contributed by atoms with Gasteiger partial charge in [0.15, 0.2) is 0 Å². The van der Waals surface area contributed by atoms with Crippen LogP contribution in [0, 0.1) is 0 Å². The SMILES string of the molecule is CCCNC1CCCc2sc(-c3cncn3CCC)nc21. The lowest BCUT2D eigenvalue weighted by Crippen LogP contribution is -2.25. The van der Waals surface area contributed by atoms with Crippen molar-refractivity contribution in [3.63, 3.8) is 0 Å². The van der Waals surface area contributed by atoms with Crippen molar-refractivity contribution in [3.8, 4) is 10.7 Å². The van der Waals surface area contributed by atoms with Crippen molar-refractivity contribution >= 4 is 11.3 Å². The predicted octanol–water partition coefficient (Wildman–Crippen LogP) is 3.79. The van der Waals surface area contributed by atoms with Crippen LogP contribution in [-0.2, 0) is 13.0 Å². The number of aromatic nitrogens is 3. The molecule has 0 bridgehead atoms. The topological polar surface area (TPSA) is 42.7 Å². The summed E-state index contributed by atoms with van der Waals surface area (Å²) in [5, 5.41) is 4.78. The van der Waals surface area contributed by atoms with Crippen molar-refractivity contribution in [1.82, 2.24) is 19.9 Å². The highest BCUT2D eigenvalue weighted by Gasteiger charge is 2.25. The summed E-state index contributed by atoms with van der Waals surface area (Å²) in [5.74, 6) is 0. The number of fused-ring (bicyclic) bond motifs is 1. The van der Waals surface area contributed by atoms with Crippen molar-refractivity contribution in [2.24, 2.45) is 0 Å². The molecule has 1 N–H and O–H groups in total. The van der Waals surface area contributed by atoms with Gasteiger partial charge in [0.05, 0.1) is 30.0 Å². The van der Waals surface area contributed by atoms with E-state index in [1.807, 2.05) is 23.9 Å². The summed E-state index contributed by atoms with van der Waals surface area (Å²) in [7, 11) is 0.